The van der Waals surface area contributed by atoms with E-state index in [1.54, 1.807) is 0 Å². The Labute approximate surface area is 101 Å². The molecular formula is C8H5F5N2O2S. The first-order chi connectivity index (χ1) is 8.05. The van der Waals surface area contributed by atoms with Crippen LogP contribution in [-0.4, -0.2) is 28.8 Å². The second-order valence-corrected chi connectivity index (χ2v) is 3.98. The molecule has 0 spiro atoms. The van der Waals surface area contributed by atoms with Crippen molar-refractivity contribution in [1.82, 2.24) is 4.98 Å². The number of amides is 1. The summed E-state index contributed by atoms with van der Waals surface area (Å²) in [5.41, 5.74) is -0.134. The van der Waals surface area contributed by atoms with E-state index in [-0.39, 0.29) is 5.69 Å². The van der Waals surface area contributed by atoms with E-state index in [4.69, 9.17) is 0 Å². The number of carbonyl (C=O) groups excluding carboxylic acids is 2. The molecular weight excluding hydrogens is 283 g/mol. The number of carbonyl (C=O) groups is 2. The number of halogens is 5. The highest BCUT2D eigenvalue weighted by Crippen LogP contribution is 2.36. The third-order valence-corrected chi connectivity index (χ3v) is 2.48. The van der Waals surface area contributed by atoms with Gasteiger partial charge in [0, 0.05) is 12.3 Å². The Kier molecular flexibility index (Phi) is 3.70. The molecule has 0 radical (unpaired) electrons. The first-order valence-corrected chi connectivity index (χ1v) is 5.16. The van der Waals surface area contributed by atoms with Crippen LogP contribution in [0.4, 0.5) is 27.1 Å². The molecule has 0 bridgehead atoms. The van der Waals surface area contributed by atoms with Crippen molar-refractivity contribution in [2.75, 3.05) is 5.32 Å². The lowest BCUT2D eigenvalue weighted by Gasteiger charge is -2.17. The molecule has 0 aliphatic heterocycles. The molecule has 10 heteroatoms. The first-order valence-electron chi connectivity index (χ1n) is 4.28. The maximum Gasteiger partial charge on any atom is 0.463 e. The van der Waals surface area contributed by atoms with Crippen LogP contribution in [-0.2, 0) is 4.79 Å². The summed E-state index contributed by atoms with van der Waals surface area (Å²) in [6.45, 7) is 1.13. The number of Topliss-reactive ketones (excluding diaryl/α,β-unsaturated/α-hetero) is 1. The molecule has 0 fully saturated rings. The number of nitrogens with zero attached hydrogens (tertiary/aromatic N) is 1. The Bertz CT molecular complexity index is 482. The normalized spacial score (nSPS) is 12.3. The molecule has 1 amide bonds. The van der Waals surface area contributed by atoms with E-state index in [1.807, 2.05) is 0 Å². The molecule has 1 N–H and O–H groups in total. The van der Waals surface area contributed by atoms with Gasteiger partial charge in [-0.3, -0.25) is 14.9 Å². The number of alkyl halides is 5. The van der Waals surface area contributed by atoms with Gasteiger partial charge in [-0.15, -0.1) is 11.3 Å². The quantitative estimate of drug-likeness (QED) is 0.686. The Morgan fingerprint density at radius 1 is 1.28 bits per heavy atom. The van der Waals surface area contributed by atoms with E-state index in [9.17, 15) is 31.5 Å². The van der Waals surface area contributed by atoms with Crippen LogP contribution in [0.2, 0.25) is 0 Å². The summed E-state index contributed by atoms with van der Waals surface area (Å²) >= 11 is 0.568. The van der Waals surface area contributed by atoms with Crippen molar-refractivity contribution in [3.05, 3.63) is 11.1 Å². The molecule has 1 aromatic heterocycles. The Morgan fingerprint density at radius 3 is 2.22 bits per heavy atom. The van der Waals surface area contributed by atoms with E-state index in [2.05, 4.69) is 4.98 Å². The number of aromatic nitrogens is 1. The number of ketones is 1. The highest BCUT2D eigenvalue weighted by Gasteiger charge is 2.63. The van der Waals surface area contributed by atoms with Gasteiger partial charge < -0.3 is 0 Å². The maximum atomic E-state index is 12.5. The molecule has 1 heterocycles. The third-order valence-electron chi connectivity index (χ3n) is 1.73. The van der Waals surface area contributed by atoms with Crippen molar-refractivity contribution in [3.8, 4) is 0 Å². The van der Waals surface area contributed by atoms with Crippen molar-refractivity contribution in [1.29, 1.82) is 0 Å². The lowest BCUT2D eigenvalue weighted by atomic mass is 10.3. The van der Waals surface area contributed by atoms with Gasteiger partial charge in [-0.2, -0.15) is 22.0 Å². The monoisotopic (exact) mass is 288 g/mol. The minimum absolute atomic E-state index is 0.134. The predicted molar refractivity (Wildman–Crippen MR) is 51.8 cm³/mol. The minimum Gasteiger partial charge on any atom is -0.296 e. The minimum atomic E-state index is -5.99. The average molecular weight is 288 g/mol. The molecule has 4 nitrogen and oxygen atoms in total. The van der Waals surface area contributed by atoms with Crippen LogP contribution < -0.4 is 5.32 Å². The largest absolute Gasteiger partial charge is 0.463 e. The zero-order chi connectivity index (χ0) is 14.1. The van der Waals surface area contributed by atoms with Crippen molar-refractivity contribution in [2.24, 2.45) is 0 Å². The van der Waals surface area contributed by atoms with Gasteiger partial charge in [0.1, 0.15) is 5.69 Å². The predicted octanol–water partition coefficient (Wildman–Crippen LogP) is 2.48. The van der Waals surface area contributed by atoms with Gasteiger partial charge in [-0.05, 0) is 0 Å². The number of hydrogen-bond acceptors (Lipinski definition) is 4. The molecule has 1 rings (SSSR count). The van der Waals surface area contributed by atoms with Gasteiger partial charge in [-0.25, -0.2) is 4.98 Å². The van der Waals surface area contributed by atoms with Crippen LogP contribution in [0.3, 0.4) is 0 Å². The van der Waals surface area contributed by atoms with Gasteiger partial charge >= 0.3 is 18.0 Å². The number of rotatable bonds is 3. The molecule has 0 aliphatic carbocycles. The maximum absolute atomic E-state index is 12.5. The van der Waals surface area contributed by atoms with E-state index < -0.39 is 28.9 Å². The topological polar surface area (TPSA) is 59.1 Å². The van der Waals surface area contributed by atoms with Gasteiger partial charge in [0.25, 0.3) is 0 Å². The standard InChI is InChI=1S/C8H5F5N2O2S/c1-3(16)4-2-18-6(14-4)15-5(17)7(9,10)8(11,12)13/h2H,1H3,(H,14,15,17). The summed E-state index contributed by atoms with van der Waals surface area (Å²) in [6, 6.07) is 0. The van der Waals surface area contributed by atoms with E-state index in [0.717, 1.165) is 12.3 Å². The zero-order valence-corrected chi connectivity index (χ0v) is 9.46. The molecule has 0 saturated carbocycles. The summed E-state index contributed by atoms with van der Waals surface area (Å²) in [6.07, 6.45) is -5.99. The Morgan fingerprint density at radius 2 is 1.83 bits per heavy atom. The molecule has 0 aliphatic rings. The molecule has 0 aromatic carbocycles. The second kappa shape index (κ2) is 4.59. The molecule has 0 unspecified atom stereocenters. The molecule has 0 atom stereocenters. The van der Waals surface area contributed by atoms with E-state index in [1.165, 1.54) is 5.32 Å². The molecule has 0 saturated heterocycles. The van der Waals surface area contributed by atoms with Crippen LogP contribution in [0.1, 0.15) is 17.4 Å². The smallest absolute Gasteiger partial charge is 0.296 e. The Balaban J connectivity index is 2.85. The lowest BCUT2D eigenvalue weighted by Crippen LogP contribution is -2.47. The Hall–Kier alpha value is -1.58. The average Bonchev–Trinajstić information content (AvgIpc) is 2.64. The highest BCUT2D eigenvalue weighted by molar-refractivity contribution is 7.14. The second-order valence-electron chi connectivity index (χ2n) is 3.12. The molecule has 1 aromatic rings. The van der Waals surface area contributed by atoms with Crippen molar-refractivity contribution in [2.45, 2.75) is 19.0 Å². The molecule has 100 valence electrons. The van der Waals surface area contributed by atoms with Crippen LogP contribution in [0, 0.1) is 0 Å². The number of nitrogens with one attached hydrogen (secondary N) is 1. The van der Waals surface area contributed by atoms with Gasteiger partial charge in [-0.1, -0.05) is 0 Å². The summed E-state index contributed by atoms with van der Waals surface area (Å²) in [4.78, 5) is 24.9. The van der Waals surface area contributed by atoms with Crippen LogP contribution in [0.25, 0.3) is 0 Å². The van der Waals surface area contributed by atoms with Gasteiger partial charge in [0.2, 0.25) is 0 Å². The summed E-state index contributed by atoms with van der Waals surface area (Å²) in [7, 11) is 0. The van der Waals surface area contributed by atoms with Gasteiger partial charge in [0.15, 0.2) is 10.9 Å². The van der Waals surface area contributed by atoms with Gasteiger partial charge in [0.05, 0.1) is 0 Å². The van der Waals surface area contributed by atoms with Crippen LogP contribution >= 0.6 is 11.3 Å². The van der Waals surface area contributed by atoms with Crippen molar-refractivity contribution < 1.29 is 31.5 Å². The SMILES string of the molecule is CC(=O)c1csc(NC(=O)C(F)(F)C(F)(F)F)n1. The molecule has 18 heavy (non-hydrogen) atoms. The van der Waals surface area contributed by atoms with Crippen LogP contribution in [0.5, 0.6) is 0 Å². The number of hydrogen-bond donors (Lipinski definition) is 1. The van der Waals surface area contributed by atoms with E-state index >= 15 is 0 Å². The summed E-state index contributed by atoms with van der Waals surface area (Å²) in [5.74, 6) is -8.57. The number of thiazole rings is 1. The summed E-state index contributed by atoms with van der Waals surface area (Å²) < 4.78 is 60.6. The lowest BCUT2D eigenvalue weighted by molar-refractivity contribution is -0.267. The zero-order valence-electron chi connectivity index (χ0n) is 8.64. The van der Waals surface area contributed by atoms with E-state index in [0.29, 0.717) is 11.3 Å². The van der Waals surface area contributed by atoms with Crippen molar-refractivity contribution >= 4 is 28.2 Å². The highest BCUT2D eigenvalue weighted by atomic mass is 32.1. The van der Waals surface area contributed by atoms with Crippen molar-refractivity contribution in [3.63, 3.8) is 0 Å². The third kappa shape index (κ3) is 2.81. The van der Waals surface area contributed by atoms with Crippen LogP contribution in [0.15, 0.2) is 5.38 Å². The fourth-order valence-electron chi connectivity index (χ4n) is 0.797. The fraction of sp³-hybridized carbons (Fsp3) is 0.375. The number of anilines is 1. The first kappa shape index (κ1) is 14.5. The summed E-state index contributed by atoms with van der Waals surface area (Å²) in [5, 5.41) is 1.93. The fourth-order valence-corrected chi connectivity index (χ4v) is 1.54.